The number of nitrogen functional groups attached to an aromatic ring is 1. The first-order valence-corrected chi connectivity index (χ1v) is 6.93. The minimum absolute atomic E-state index is 0.00942. The van der Waals surface area contributed by atoms with Crippen molar-refractivity contribution < 1.29 is 9.53 Å². The Bertz CT molecular complexity index is 420. The van der Waals surface area contributed by atoms with E-state index in [9.17, 15) is 4.79 Å². The van der Waals surface area contributed by atoms with Crippen LogP contribution in [0.1, 0.15) is 37.7 Å². The van der Waals surface area contributed by atoms with Crippen LogP contribution in [0.5, 0.6) is 0 Å². The minimum atomic E-state index is 0.00942. The summed E-state index contributed by atoms with van der Waals surface area (Å²) in [6.45, 7) is 2.77. The Morgan fingerprint density at radius 1 is 1.47 bits per heavy atom. The van der Waals surface area contributed by atoms with Gasteiger partial charge in [0, 0.05) is 13.0 Å². The lowest BCUT2D eigenvalue weighted by atomic mass is 10.0. The molecule has 1 saturated heterocycles. The van der Waals surface area contributed by atoms with Gasteiger partial charge in [-0.05, 0) is 44.2 Å². The largest absolute Gasteiger partial charge is 0.397 e. The quantitative estimate of drug-likeness (QED) is 0.820. The molecule has 4 heteroatoms. The van der Waals surface area contributed by atoms with Crippen molar-refractivity contribution in [1.29, 1.82) is 0 Å². The molecule has 1 fully saturated rings. The van der Waals surface area contributed by atoms with Crippen molar-refractivity contribution in [3.63, 3.8) is 0 Å². The SMILES string of the molecule is Cc1cccc(N)c1NC(=O)CCC1CCCCO1. The second-order valence-corrected chi connectivity index (χ2v) is 5.11. The molecule has 1 unspecified atom stereocenters. The fourth-order valence-electron chi connectivity index (χ4n) is 2.39. The molecule has 1 aliphatic rings. The molecule has 2 rings (SSSR count). The molecule has 1 aromatic rings. The Balaban J connectivity index is 1.83. The number of nitrogens with two attached hydrogens (primary N) is 1. The molecule has 0 bridgehead atoms. The number of hydrogen-bond donors (Lipinski definition) is 2. The van der Waals surface area contributed by atoms with E-state index in [1.807, 2.05) is 19.1 Å². The van der Waals surface area contributed by atoms with Gasteiger partial charge in [-0.25, -0.2) is 0 Å². The summed E-state index contributed by atoms with van der Waals surface area (Å²) in [7, 11) is 0. The average Bonchev–Trinajstić information content (AvgIpc) is 2.42. The first kappa shape index (κ1) is 13.9. The van der Waals surface area contributed by atoms with Gasteiger partial charge in [0.1, 0.15) is 0 Å². The van der Waals surface area contributed by atoms with Gasteiger partial charge in [0.2, 0.25) is 5.91 Å². The van der Waals surface area contributed by atoms with E-state index in [0.29, 0.717) is 12.1 Å². The van der Waals surface area contributed by atoms with Gasteiger partial charge in [0.15, 0.2) is 0 Å². The van der Waals surface area contributed by atoms with E-state index < -0.39 is 0 Å². The first-order valence-electron chi connectivity index (χ1n) is 6.93. The Labute approximate surface area is 114 Å². The van der Waals surface area contributed by atoms with Crippen LogP contribution in [0.3, 0.4) is 0 Å². The maximum atomic E-state index is 11.9. The summed E-state index contributed by atoms with van der Waals surface area (Å²) in [5.74, 6) is 0.00942. The van der Waals surface area contributed by atoms with Crippen LogP contribution < -0.4 is 11.1 Å². The molecule has 3 N–H and O–H groups in total. The number of benzene rings is 1. The van der Waals surface area contributed by atoms with E-state index in [2.05, 4.69) is 5.32 Å². The molecule has 1 heterocycles. The maximum Gasteiger partial charge on any atom is 0.224 e. The second kappa shape index (κ2) is 6.57. The second-order valence-electron chi connectivity index (χ2n) is 5.11. The summed E-state index contributed by atoms with van der Waals surface area (Å²) in [6, 6.07) is 5.62. The van der Waals surface area contributed by atoms with E-state index in [-0.39, 0.29) is 12.0 Å². The highest BCUT2D eigenvalue weighted by Gasteiger charge is 2.16. The van der Waals surface area contributed by atoms with Crippen molar-refractivity contribution in [1.82, 2.24) is 0 Å². The van der Waals surface area contributed by atoms with Gasteiger partial charge < -0.3 is 15.8 Å². The van der Waals surface area contributed by atoms with Crippen molar-refractivity contribution in [2.75, 3.05) is 17.7 Å². The van der Waals surface area contributed by atoms with Crippen molar-refractivity contribution in [3.8, 4) is 0 Å². The van der Waals surface area contributed by atoms with Crippen LogP contribution >= 0.6 is 0 Å². The molecule has 0 saturated carbocycles. The first-order chi connectivity index (χ1) is 9.16. The van der Waals surface area contributed by atoms with Crippen LogP contribution in [0, 0.1) is 6.92 Å². The number of nitrogens with one attached hydrogen (secondary N) is 1. The molecule has 0 aliphatic carbocycles. The normalized spacial score (nSPS) is 19.1. The molecule has 1 atom stereocenters. The molecule has 19 heavy (non-hydrogen) atoms. The summed E-state index contributed by atoms with van der Waals surface area (Å²) in [6.07, 6.45) is 4.93. The molecule has 1 amide bonds. The van der Waals surface area contributed by atoms with E-state index in [1.54, 1.807) is 6.07 Å². The summed E-state index contributed by atoms with van der Waals surface area (Å²) < 4.78 is 5.62. The molecular formula is C15H22N2O2. The van der Waals surface area contributed by atoms with Crippen LogP contribution in [0.4, 0.5) is 11.4 Å². The van der Waals surface area contributed by atoms with Crippen molar-refractivity contribution in [2.24, 2.45) is 0 Å². The fourth-order valence-corrected chi connectivity index (χ4v) is 2.39. The monoisotopic (exact) mass is 262 g/mol. The van der Waals surface area contributed by atoms with Crippen LogP contribution in [0.2, 0.25) is 0 Å². The summed E-state index contributed by atoms with van der Waals surface area (Å²) in [5, 5.41) is 2.90. The standard InChI is InChI=1S/C15H22N2O2/c1-11-5-4-7-13(16)15(11)17-14(18)9-8-12-6-2-3-10-19-12/h4-5,7,12H,2-3,6,8-10,16H2,1H3,(H,17,18). The zero-order valence-electron chi connectivity index (χ0n) is 11.4. The number of aryl methyl sites for hydroxylation is 1. The van der Waals surface area contributed by atoms with E-state index in [4.69, 9.17) is 10.5 Å². The number of rotatable bonds is 4. The number of carbonyl (C=O) groups excluding carboxylic acids is 1. The van der Waals surface area contributed by atoms with Crippen molar-refractivity contribution in [3.05, 3.63) is 23.8 Å². The average molecular weight is 262 g/mol. The highest BCUT2D eigenvalue weighted by atomic mass is 16.5. The lowest BCUT2D eigenvalue weighted by Crippen LogP contribution is -2.22. The number of carbonyl (C=O) groups is 1. The van der Waals surface area contributed by atoms with Crippen LogP contribution in [-0.2, 0) is 9.53 Å². The molecule has 1 aliphatic heterocycles. The highest BCUT2D eigenvalue weighted by Crippen LogP contribution is 2.23. The molecule has 0 radical (unpaired) electrons. The molecule has 1 aromatic carbocycles. The van der Waals surface area contributed by atoms with Crippen LogP contribution in [-0.4, -0.2) is 18.6 Å². The van der Waals surface area contributed by atoms with Gasteiger partial charge >= 0.3 is 0 Å². The number of hydrogen-bond acceptors (Lipinski definition) is 3. The van der Waals surface area contributed by atoms with E-state index >= 15 is 0 Å². The minimum Gasteiger partial charge on any atom is -0.397 e. The lowest BCUT2D eigenvalue weighted by Gasteiger charge is -2.22. The number of amides is 1. The van der Waals surface area contributed by atoms with Gasteiger partial charge in [0.25, 0.3) is 0 Å². The van der Waals surface area contributed by atoms with Crippen LogP contribution in [0.25, 0.3) is 0 Å². The van der Waals surface area contributed by atoms with Gasteiger partial charge in [-0.1, -0.05) is 12.1 Å². The van der Waals surface area contributed by atoms with Gasteiger partial charge in [-0.3, -0.25) is 4.79 Å². The Hall–Kier alpha value is -1.55. The molecule has 0 spiro atoms. The van der Waals surface area contributed by atoms with Crippen LogP contribution in [0.15, 0.2) is 18.2 Å². The number of para-hydroxylation sites is 1. The third kappa shape index (κ3) is 3.96. The van der Waals surface area contributed by atoms with E-state index in [0.717, 1.165) is 37.1 Å². The Morgan fingerprint density at radius 3 is 3.00 bits per heavy atom. The van der Waals surface area contributed by atoms with Gasteiger partial charge in [-0.2, -0.15) is 0 Å². The summed E-state index contributed by atoms with van der Waals surface area (Å²) >= 11 is 0. The third-order valence-corrected chi connectivity index (χ3v) is 3.54. The zero-order valence-corrected chi connectivity index (χ0v) is 11.4. The smallest absolute Gasteiger partial charge is 0.224 e. The predicted octanol–water partition coefficient (Wildman–Crippen LogP) is 2.87. The van der Waals surface area contributed by atoms with Gasteiger partial charge in [0.05, 0.1) is 17.5 Å². The predicted molar refractivity (Wildman–Crippen MR) is 77.0 cm³/mol. The highest BCUT2D eigenvalue weighted by molar-refractivity contribution is 5.94. The summed E-state index contributed by atoms with van der Waals surface area (Å²) in [5.41, 5.74) is 8.20. The topological polar surface area (TPSA) is 64.3 Å². The van der Waals surface area contributed by atoms with E-state index in [1.165, 1.54) is 6.42 Å². The Morgan fingerprint density at radius 2 is 2.32 bits per heavy atom. The molecule has 4 nitrogen and oxygen atoms in total. The zero-order chi connectivity index (χ0) is 13.7. The third-order valence-electron chi connectivity index (χ3n) is 3.54. The molecular weight excluding hydrogens is 240 g/mol. The van der Waals surface area contributed by atoms with Crippen molar-refractivity contribution in [2.45, 2.75) is 45.1 Å². The van der Waals surface area contributed by atoms with Gasteiger partial charge in [-0.15, -0.1) is 0 Å². The maximum absolute atomic E-state index is 11.9. The summed E-state index contributed by atoms with van der Waals surface area (Å²) in [4.78, 5) is 11.9. The molecule has 104 valence electrons. The van der Waals surface area contributed by atoms with Crippen molar-refractivity contribution >= 4 is 17.3 Å². The fraction of sp³-hybridized carbons (Fsp3) is 0.533. The Kier molecular flexibility index (Phi) is 4.80. The lowest BCUT2D eigenvalue weighted by molar-refractivity contribution is -0.117. The molecule has 0 aromatic heterocycles. The number of anilines is 2. The number of ether oxygens (including phenoxy) is 1.